The third kappa shape index (κ3) is 5.04. The van der Waals surface area contributed by atoms with Gasteiger partial charge in [-0.2, -0.15) is 0 Å². The van der Waals surface area contributed by atoms with Crippen LogP contribution in [-0.4, -0.2) is 0 Å². The molecule has 2 heteroatoms. The minimum absolute atomic E-state index is 0.102. The third-order valence-electron chi connectivity index (χ3n) is 13.4. The van der Waals surface area contributed by atoms with Crippen LogP contribution >= 0.6 is 11.3 Å². The van der Waals surface area contributed by atoms with E-state index in [-0.39, 0.29) is 5.41 Å². The molecule has 284 valence electrons. The summed E-state index contributed by atoms with van der Waals surface area (Å²) in [4.78, 5) is 2.44. The first kappa shape index (κ1) is 35.0. The van der Waals surface area contributed by atoms with Gasteiger partial charge in [0.1, 0.15) is 0 Å². The molecule has 0 spiro atoms. The van der Waals surface area contributed by atoms with Crippen molar-refractivity contribution in [2.24, 2.45) is 0 Å². The number of hydrogen-bond donors (Lipinski definition) is 0. The van der Waals surface area contributed by atoms with Crippen molar-refractivity contribution in [1.82, 2.24) is 0 Å². The van der Waals surface area contributed by atoms with Crippen molar-refractivity contribution in [3.8, 4) is 33.4 Å². The summed E-state index contributed by atoms with van der Waals surface area (Å²) in [5, 5.41) is 2.58. The maximum absolute atomic E-state index is 2.48. The van der Waals surface area contributed by atoms with Crippen LogP contribution in [0.5, 0.6) is 0 Å². The Labute approximate surface area is 355 Å². The molecule has 0 saturated heterocycles. The van der Waals surface area contributed by atoms with E-state index in [0.717, 1.165) is 17.1 Å². The maximum atomic E-state index is 2.48. The highest BCUT2D eigenvalue weighted by atomic mass is 32.1. The molecule has 60 heavy (non-hydrogen) atoms. The fraction of sp³-hybridized carbons (Fsp3) is 0.0690. The minimum atomic E-state index is -0.423. The fourth-order valence-electron chi connectivity index (χ4n) is 10.6. The first-order valence-corrected chi connectivity index (χ1v) is 21.7. The lowest BCUT2D eigenvalue weighted by Gasteiger charge is -2.33. The molecule has 0 atom stereocenters. The molecule has 10 aromatic rings. The summed E-state index contributed by atoms with van der Waals surface area (Å²) in [6, 6.07) is 79.1. The van der Waals surface area contributed by atoms with Crippen LogP contribution < -0.4 is 4.90 Å². The maximum Gasteiger partial charge on any atom is 0.0714 e. The third-order valence-corrected chi connectivity index (χ3v) is 14.5. The highest BCUT2D eigenvalue weighted by Crippen LogP contribution is 2.57. The van der Waals surface area contributed by atoms with Gasteiger partial charge >= 0.3 is 0 Å². The van der Waals surface area contributed by atoms with Crippen LogP contribution in [0.3, 0.4) is 0 Å². The molecule has 12 rings (SSSR count). The van der Waals surface area contributed by atoms with Crippen molar-refractivity contribution in [2.45, 2.75) is 24.7 Å². The molecule has 0 aliphatic heterocycles. The summed E-state index contributed by atoms with van der Waals surface area (Å²) >= 11 is 1.90. The lowest BCUT2D eigenvalue weighted by molar-refractivity contribution is 0.660. The summed E-state index contributed by atoms with van der Waals surface area (Å²) in [6.07, 6.45) is 0. The second-order valence-corrected chi connectivity index (χ2v) is 17.9. The summed E-state index contributed by atoms with van der Waals surface area (Å²) in [6.45, 7) is 4.73. The van der Waals surface area contributed by atoms with E-state index in [4.69, 9.17) is 0 Å². The number of nitrogens with zero attached hydrogens (tertiary/aromatic N) is 1. The molecule has 2 aliphatic rings. The standard InChI is InChI=1S/C58H41NS/c1-57(2)51-22-12-9-19-45(51)48-33-30-43(36-54(48)57)59(42-28-25-39(26-29-42)38-15-5-3-6-16-38)44-31-34-50-49-32-27-41(35-55(49)60-56(50)37-44)58(40-17-7-4-8-18-40)52-23-13-10-20-46(52)47-21-11-14-24-53(47)58/h3-37H,1-2H3. The first-order chi connectivity index (χ1) is 29.5. The topological polar surface area (TPSA) is 3.24 Å². The average Bonchev–Trinajstić information content (AvgIpc) is 3.90. The zero-order valence-corrected chi connectivity index (χ0v) is 34.4. The Balaban J connectivity index is 1.02. The van der Waals surface area contributed by atoms with Gasteiger partial charge in [-0.15, -0.1) is 11.3 Å². The molecule has 9 aromatic carbocycles. The Morgan fingerprint density at radius 3 is 1.52 bits per heavy atom. The Bertz CT molecular complexity index is 3240. The van der Waals surface area contributed by atoms with Gasteiger partial charge in [0.15, 0.2) is 0 Å². The number of thiophene rings is 1. The van der Waals surface area contributed by atoms with Crippen molar-refractivity contribution >= 4 is 48.6 Å². The molecule has 0 saturated carbocycles. The highest BCUT2D eigenvalue weighted by Gasteiger charge is 2.46. The molecule has 0 amide bonds. The summed E-state index contributed by atoms with van der Waals surface area (Å²) < 4.78 is 2.58. The van der Waals surface area contributed by atoms with Crippen LogP contribution in [0, 0.1) is 0 Å². The predicted molar refractivity (Wildman–Crippen MR) is 254 cm³/mol. The second-order valence-electron chi connectivity index (χ2n) is 16.8. The smallest absolute Gasteiger partial charge is 0.0714 e. The van der Waals surface area contributed by atoms with Gasteiger partial charge in [0.2, 0.25) is 0 Å². The zero-order chi connectivity index (χ0) is 40.0. The molecule has 0 radical (unpaired) electrons. The van der Waals surface area contributed by atoms with Gasteiger partial charge in [0.05, 0.1) is 5.41 Å². The van der Waals surface area contributed by atoms with E-state index in [0.29, 0.717) is 0 Å². The first-order valence-electron chi connectivity index (χ1n) is 20.9. The quantitative estimate of drug-likeness (QED) is 0.162. The SMILES string of the molecule is CC1(C)c2ccccc2-c2ccc(N(c3ccc(-c4ccccc4)cc3)c3ccc4c(c3)sc3cc(C5(c6ccccc6)c6ccccc6-c6ccccc65)ccc34)cc21. The number of anilines is 3. The lowest BCUT2D eigenvalue weighted by atomic mass is 9.67. The van der Waals surface area contributed by atoms with E-state index in [1.807, 2.05) is 11.3 Å². The van der Waals surface area contributed by atoms with Gasteiger partial charge in [0, 0.05) is 42.6 Å². The largest absolute Gasteiger partial charge is 0.310 e. The predicted octanol–water partition coefficient (Wildman–Crippen LogP) is 15.9. The van der Waals surface area contributed by atoms with Crippen LogP contribution in [0.15, 0.2) is 212 Å². The molecule has 2 aliphatic carbocycles. The van der Waals surface area contributed by atoms with Crippen LogP contribution in [0.1, 0.15) is 47.2 Å². The van der Waals surface area contributed by atoms with E-state index < -0.39 is 5.41 Å². The van der Waals surface area contributed by atoms with Gasteiger partial charge in [-0.1, -0.05) is 184 Å². The van der Waals surface area contributed by atoms with Crippen LogP contribution in [0.2, 0.25) is 0 Å². The number of fused-ring (bicyclic) bond motifs is 9. The number of rotatable bonds is 6. The van der Waals surface area contributed by atoms with Crippen LogP contribution in [0.25, 0.3) is 53.6 Å². The van der Waals surface area contributed by atoms with E-state index in [2.05, 4.69) is 231 Å². The second kappa shape index (κ2) is 13.3. The summed E-state index contributed by atoms with van der Waals surface area (Å²) in [5.41, 5.74) is 18.7. The average molecular weight is 784 g/mol. The van der Waals surface area contributed by atoms with Crippen LogP contribution in [0.4, 0.5) is 17.1 Å². The fourth-order valence-corrected chi connectivity index (χ4v) is 11.7. The minimum Gasteiger partial charge on any atom is -0.310 e. The Kier molecular flexibility index (Phi) is 7.73. The molecule has 0 fully saturated rings. The number of benzene rings is 9. The van der Waals surface area contributed by atoms with Gasteiger partial charge in [0.25, 0.3) is 0 Å². The van der Waals surface area contributed by atoms with Gasteiger partial charge in [-0.3, -0.25) is 0 Å². The molecule has 1 nitrogen and oxygen atoms in total. The Hall–Kier alpha value is -7.00. The summed E-state index contributed by atoms with van der Waals surface area (Å²) in [7, 11) is 0. The van der Waals surface area contributed by atoms with Crippen LogP contribution in [-0.2, 0) is 10.8 Å². The zero-order valence-electron chi connectivity index (χ0n) is 33.6. The van der Waals surface area contributed by atoms with Crippen molar-refractivity contribution in [3.63, 3.8) is 0 Å². The molecular weight excluding hydrogens is 743 g/mol. The molecule has 1 aromatic heterocycles. The lowest BCUT2D eigenvalue weighted by Crippen LogP contribution is -2.28. The monoisotopic (exact) mass is 783 g/mol. The van der Waals surface area contributed by atoms with Crippen molar-refractivity contribution in [1.29, 1.82) is 0 Å². The van der Waals surface area contributed by atoms with Crippen molar-refractivity contribution in [3.05, 3.63) is 246 Å². The summed E-state index contributed by atoms with van der Waals surface area (Å²) in [5.74, 6) is 0. The normalized spacial score (nSPS) is 14.1. The van der Waals surface area contributed by atoms with Crippen molar-refractivity contribution in [2.75, 3.05) is 4.90 Å². The van der Waals surface area contributed by atoms with E-state index in [1.165, 1.54) is 86.9 Å². The van der Waals surface area contributed by atoms with E-state index >= 15 is 0 Å². The molecular formula is C58H41NS. The van der Waals surface area contributed by atoms with Gasteiger partial charge in [-0.25, -0.2) is 0 Å². The van der Waals surface area contributed by atoms with Gasteiger partial charge in [-0.05, 0) is 109 Å². The molecule has 0 N–H and O–H groups in total. The van der Waals surface area contributed by atoms with Crippen molar-refractivity contribution < 1.29 is 0 Å². The van der Waals surface area contributed by atoms with E-state index in [9.17, 15) is 0 Å². The Morgan fingerprint density at radius 2 is 0.833 bits per heavy atom. The molecule has 0 unspecified atom stereocenters. The molecule has 1 heterocycles. The highest BCUT2D eigenvalue weighted by molar-refractivity contribution is 7.25. The Morgan fingerprint density at radius 1 is 0.350 bits per heavy atom. The molecule has 0 bridgehead atoms. The van der Waals surface area contributed by atoms with Gasteiger partial charge < -0.3 is 4.90 Å². The number of hydrogen-bond acceptors (Lipinski definition) is 2. The van der Waals surface area contributed by atoms with E-state index in [1.54, 1.807) is 0 Å².